The van der Waals surface area contributed by atoms with E-state index in [1.54, 1.807) is 0 Å². The highest BCUT2D eigenvalue weighted by molar-refractivity contribution is 5.49. The molecule has 1 aromatic rings. The number of rotatable bonds is 7. The average molecular weight is 370 g/mol. The van der Waals surface area contributed by atoms with E-state index in [1.807, 2.05) is 26.0 Å². The standard InChI is InChI=1S/C23H31NO3/c1-3-4-7-15(2)19(25)12-11-17-20(26)14-21-22(17)18-10-5-8-16(9-6-13-24)23(18)27-21/h5,8,10-12,15,17,19-22,25-26H,6-7,9,13-14,24H2,1-2H3/t15-,17-,19+,20+,21-,22-/m0/s1. The molecule has 0 amide bonds. The molecule has 0 bridgehead atoms. The summed E-state index contributed by atoms with van der Waals surface area (Å²) in [4.78, 5) is 0. The summed E-state index contributed by atoms with van der Waals surface area (Å²) < 4.78 is 6.25. The second-order valence-electron chi connectivity index (χ2n) is 7.77. The molecule has 0 aromatic heterocycles. The van der Waals surface area contributed by atoms with Crippen molar-refractivity contribution < 1.29 is 14.9 Å². The molecule has 0 saturated heterocycles. The van der Waals surface area contributed by atoms with Crippen molar-refractivity contribution in [2.24, 2.45) is 17.6 Å². The van der Waals surface area contributed by atoms with Crippen molar-refractivity contribution in [3.63, 3.8) is 0 Å². The Morgan fingerprint density at radius 3 is 2.96 bits per heavy atom. The van der Waals surface area contributed by atoms with Gasteiger partial charge < -0.3 is 20.7 Å². The molecule has 0 radical (unpaired) electrons. The van der Waals surface area contributed by atoms with Crippen LogP contribution < -0.4 is 10.5 Å². The van der Waals surface area contributed by atoms with Gasteiger partial charge >= 0.3 is 0 Å². The van der Waals surface area contributed by atoms with Crippen LogP contribution in [0.5, 0.6) is 5.75 Å². The van der Waals surface area contributed by atoms with Crippen molar-refractivity contribution in [2.45, 2.75) is 63.8 Å². The fourth-order valence-electron chi connectivity index (χ4n) is 4.27. The van der Waals surface area contributed by atoms with E-state index < -0.39 is 12.2 Å². The van der Waals surface area contributed by atoms with E-state index in [9.17, 15) is 10.2 Å². The molecule has 6 atom stereocenters. The zero-order valence-electron chi connectivity index (χ0n) is 16.3. The number of para-hydroxylation sites is 1. The van der Waals surface area contributed by atoms with Crippen molar-refractivity contribution in [1.82, 2.24) is 0 Å². The Hall–Kier alpha value is -1.80. The molecule has 146 valence electrons. The van der Waals surface area contributed by atoms with Gasteiger partial charge in [-0.3, -0.25) is 0 Å². The quantitative estimate of drug-likeness (QED) is 0.510. The molecule has 27 heavy (non-hydrogen) atoms. The first kappa shape index (κ1) is 19.9. The van der Waals surface area contributed by atoms with Crippen LogP contribution in [0.2, 0.25) is 0 Å². The van der Waals surface area contributed by atoms with E-state index >= 15 is 0 Å². The molecule has 4 N–H and O–H groups in total. The van der Waals surface area contributed by atoms with Gasteiger partial charge in [-0.1, -0.05) is 37.3 Å². The number of hydrogen-bond donors (Lipinski definition) is 3. The minimum absolute atomic E-state index is 0.00389. The van der Waals surface area contributed by atoms with Gasteiger partial charge in [0, 0.05) is 30.2 Å². The molecule has 2 aliphatic rings. The maximum atomic E-state index is 10.6. The summed E-state index contributed by atoms with van der Waals surface area (Å²) in [6.45, 7) is 4.47. The van der Waals surface area contributed by atoms with Crippen LogP contribution in [0.1, 0.15) is 50.2 Å². The molecule has 1 aliphatic heterocycles. The predicted octanol–water partition coefficient (Wildman–Crippen LogP) is 2.77. The lowest BCUT2D eigenvalue weighted by molar-refractivity contribution is 0.134. The van der Waals surface area contributed by atoms with Crippen LogP contribution in [-0.2, 0) is 6.42 Å². The van der Waals surface area contributed by atoms with Crippen LogP contribution in [-0.4, -0.2) is 35.1 Å². The number of nitrogens with two attached hydrogens (primary N) is 1. The number of hydrogen-bond acceptors (Lipinski definition) is 4. The van der Waals surface area contributed by atoms with Crippen molar-refractivity contribution in [1.29, 1.82) is 0 Å². The van der Waals surface area contributed by atoms with E-state index in [4.69, 9.17) is 10.5 Å². The van der Waals surface area contributed by atoms with Crippen molar-refractivity contribution in [3.8, 4) is 17.6 Å². The van der Waals surface area contributed by atoms with Crippen LogP contribution in [0.15, 0.2) is 30.4 Å². The van der Waals surface area contributed by atoms with Crippen molar-refractivity contribution in [3.05, 3.63) is 41.5 Å². The molecule has 0 unspecified atom stereocenters. The molecular formula is C23H31NO3. The Kier molecular flexibility index (Phi) is 6.59. The molecule has 4 heteroatoms. The maximum absolute atomic E-state index is 10.6. The van der Waals surface area contributed by atoms with Crippen molar-refractivity contribution in [2.75, 3.05) is 6.54 Å². The van der Waals surface area contributed by atoms with Gasteiger partial charge in [0.25, 0.3) is 0 Å². The third-order valence-electron chi connectivity index (χ3n) is 5.85. The molecule has 1 fully saturated rings. The summed E-state index contributed by atoms with van der Waals surface area (Å²) in [6.07, 6.45) is 5.95. The number of aliphatic hydroxyl groups excluding tert-OH is 2. The largest absolute Gasteiger partial charge is 0.489 e. The summed E-state index contributed by atoms with van der Waals surface area (Å²) in [5.74, 6) is 7.04. The lowest BCUT2D eigenvalue weighted by Gasteiger charge is -2.19. The summed E-state index contributed by atoms with van der Waals surface area (Å²) in [7, 11) is 0. The number of fused-ring (bicyclic) bond motifs is 3. The van der Waals surface area contributed by atoms with Crippen LogP contribution in [0.4, 0.5) is 0 Å². The van der Waals surface area contributed by atoms with Gasteiger partial charge in [0.2, 0.25) is 0 Å². The van der Waals surface area contributed by atoms with Crippen LogP contribution in [0.3, 0.4) is 0 Å². The van der Waals surface area contributed by atoms with Crippen LogP contribution >= 0.6 is 0 Å². The fraction of sp³-hybridized carbons (Fsp3) is 0.565. The normalized spacial score (nSPS) is 28.2. The average Bonchev–Trinajstić information content (AvgIpc) is 3.17. The fourth-order valence-corrected chi connectivity index (χ4v) is 4.27. The molecule has 1 heterocycles. The van der Waals surface area contributed by atoms with Gasteiger partial charge in [0.15, 0.2) is 0 Å². The van der Waals surface area contributed by atoms with Gasteiger partial charge in [0.1, 0.15) is 11.9 Å². The SMILES string of the molecule is CC#CC[C@H](C)[C@H](O)C=C[C@@H]1[C@H]2c3cccc(CCCN)c3O[C@H]2C[C@H]1O. The van der Waals surface area contributed by atoms with Crippen molar-refractivity contribution >= 4 is 0 Å². The summed E-state index contributed by atoms with van der Waals surface area (Å²) in [5.41, 5.74) is 8.05. The van der Waals surface area contributed by atoms with Crippen LogP contribution in [0, 0.1) is 23.7 Å². The Labute approximate surface area is 162 Å². The first-order chi connectivity index (χ1) is 13.1. The number of ether oxygens (including phenoxy) is 1. The van der Waals surface area contributed by atoms with E-state index in [-0.39, 0.29) is 23.9 Å². The Balaban J connectivity index is 1.77. The Morgan fingerprint density at radius 2 is 2.22 bits per heavy atom. The second kappa shape index (κ2) is 8.93. The van der Waals surface area contributed by atoms with Gasteiger partial charge in [-0.2, -0.15) is 0 Å². The van der Waals surface area contributed by atoms with Gasteiger partial charge in [-0.05, 0) is 37.8 Å². The number of aryl methyl sites for hydroxylation is 1. The predicted molar refractivity (Wildman–Crippen MR) is 107 cm³/mol. The lowest BCUT2D eigenvalue weighted by atomic mass is 9.86. The highest BCUT2D eigenvalue weighted by Crippen LogP contribution is 2.52. The summed E-state index contributed by atoms with van der Waals surface area (Å²) >= 11 is 0. The minimum atomic E-state index is -0.560. The molecule has 1 saturated carbocycles. The lowest BCUT2D eigenvalue weighted by Crippen LogP contribution is -2.19. The molecule has 3 rings (SSSR count). The number of benzene rings is 1. The third-order valence-corrected chi connectivity index (χ3v) is 5.85. The Bertz CT molecular complexity index is 733. The van der Waals surface area contributed by atoms with E-state index in [0.29, 0.717) is 19.4 Å². The van der Waals surface area contributed by atoms with E-state index in [2.05, 4.69) is 30.0 Å². The molecule has 0 spiro atoms. The molecule has 4 nitrogen and oxygen atoms in total. The smallest absolute Gasteiger partial charge is 0.126 e. The highest BCUT2D eigenvalue weighted by atomic mass is 16.5. The summed E-state index contributed by atoms with van der Waals surface area (Å²) in [6, 6.07) is 6.29. The highest BCUT2D eigenvalue weighted by Gasteiger charge is 2.48. The Morgan fingerprint density at radius 1 is 1.41 bits per heavy atom. The van der Waals surface area contributed by atoms with Crippen LogP contribution in [0.25, 0.3) is 0 Å². The zero-order valence-corrected chi connectivity index (χ0v) is 16.3. The first-order valence-electron chi connectivity index (χ1n) is 9.99. The molecule has 1 aromatic carbocycles. The maximum Gasteiger partial charge on any atom is 0.126 e. The first-order valence-corrected chi connectivity index (χ1v) is 9.99. The zero-order chi connectivity index (χ0) is 19.4. The van der Waals surface area contributed by atoms with Gasteiger partial charge in [-0.25, -0.2) is 0 Å². The number of aliphatic hydroxyl groups is 2. The minimum Gasteiger partial charge on any atom is -0.489 e. The van der Waals surface area contributed by atoms with Gasteiger partial charge in [0.05, 0.1) is 12.2 Å². The molecular weight excluding hydrogens is 338 g/mol. The second-order valence-corrected chi connectivity index (χ2v) is 7.77. The van der Waals surface area contributed by atoms with E-state index in [0.717, 1.165) is 18.6 Å². The monoisotopic (exact) mass is 369 g/mol. The van der Waals surface area contributed by atoms with E-state index in [1.165, 1.54) is 11.1 Å². The topological polar surface area (TPSA) is 75.7 Å². The molecule has 1 aliphatic carbocycles. The third kappa shape index (κ3) is 4.21. The van der Waals surface area contributed by atoms with Gasteiger partial charge in [-0.15, -0.1) is 11.8 Å². The summed E-state index contributed by atoms with van der Waals surface area (Å²) in [5, 5.41) is 21.0.